The van der Waals surface area contributed by atoms with E-state index in [9.17, 15) is 4.79 Å². The Hall–Kier alpha value is -2.41. The van der Waals surface area contributed by atoms with Gasteiger partial charge in [0.2, 0.25) is 0 Å². The third-order valence-electron chi connectivity index (χ3n) is 5.19. The van der Waals surface area contributed by atoms with Gasteiger partial charge in [0.05, 0.1) is 31.8 Å². The fraction of sp³-hybridized carbons (Fsp3) is 0.526. The molecule has 1 unspecified atom stereocenters. The molecular weight excluding hydrogens is 330 g/mol. The Bertz CT molecular complexity index is 755. The number of fused-ring (bicyclic) bond motifs is 1. The van der Waals surface area contributed by atoms with E-state index in [1.807, 2.05) is 41.5 Å². The minimum Gasteiger partial charge on any atom is -0.376 e. The van der Waals surface area contributed by atoms with Gasteiger partial charge in [-0.25, -0.2) is 9.78 Å². The van der Waals surface area contributed by atoms with Crippen LogP contribution in [0.1, 0.15) is 35.7 Å². The number of aryl methyl sites for hydroxylation is 1. The van der Waals surface area contributed by atoms with Gasteiger partial charge in [-0.05, 0) is 24.5 Å². The topological polar surface area (TPSA) is 63.5 Å². The van der Waals surface area contributed by atoms with Gasteiger partial charge in [-0.2, -0.15) is 0 Å². The summed E-state index contributed by atoms with van der Waals surface area (Å²) in [4.78, 5) is 25.4. The third kappa shape index (κ3) is 3.44. The van der Waals surface area contributed by atoms with E-state index in [0.29, 0.717) is 26.3 Å². The van der Waals surface area contributed by atoms with Crippen molar-refractivity contribution in [2.75, 3.05) is 26.2 Å². The molecule has 2 aliphatic heterocycles. The lowest BCUT2D eigenvalue weighted by molar-refractivity contribution is 0.0849. The number of amides is 2. The predicted octanol–water partition coefficient (Wildman–Crippen LogP) is 2.15. The molecule has 2 aromatic rings. The number of hydrogen-bond acceptors (Lipinski definition) is 4. The summed E-state index contributed by atoms with van der Waals surface area (Å²) in [6, 6.07) is 4.05. The molecule has 4 heterocycles. The highest BCUT2D eigenvalue weighted by atomic mass is 16.5. The number of hydrogen-bond donors (Lipinski definition) is 0. The Morgan fingerprint density at radius 2 is 2.15 bits per heavy atom. The van der Waals surface area contributed by atoms with Crippen LogP contribution in [0.25, 0.3) is 0 Å². The Kier molecular flexibility index (Phi) is 4.88. The molecule has 2 aromatic heterocycles. The van der Waals surface area contributed by atoms with E-state index in [4.69, 9.17) is 4.74 Å². The number of aromatic nitrogens is 3. The fourth-order valence-corrected chi connectivity index (χ4v) is 3.92. The van der Waals surface area contributed by atoms with Crippen LogP contribution in [0.5, 0.6) is 0 Å². The smallest absolute Gasteiger partial charge is 0.320 e. The van der Waals surface area contributed by atoms with Gasteiger partial charge >= 0.3 is 6.03 Å². The number of nitrogens with zero attached hydrogens (tertiary/aromatic N) is 5. The molecule has 7 nitrogen and oxygen atoms in total. The Morgan fingerprint density at radius 1 is 1.31 bits per heavy atom. The number of carbonyl (C=O) groups is 1. The summed E-state index contributed by atoms with van der Waals surface area (Å²) in [5.74, 6) is 0.134. The molecule has 0 saturated carbocycles. The lowest BCUT2D eigenvalue weighted by Gasteiger charge is -2.35. The standard InChI is InChI=1S/C19H25N5O2/c1-22-14-21-17-11-24(19(25)23-7-2-3-8-23)10-16(18(17)22)13-26-12-15-5-4-6-20-9-15/h4-6,9,14,16H,2-3,7-8,10-13H2,1H3. The monoisotopic (exact) mass is 355 g/mol. The Labute approximate surface area is 153 Å². The van der Waals surface area contributed by atoms with Crippen molar-refractivity contribution in [1.82, 2.24) is 24.3 Å². The molecule has 1 fully saturated rings. The van der Waals surface area contributed by atoms with Crippen LogP contribution < -0.4 is 0 Å². The zero-order chi connectivity index (χ0) is 17.9. The highest BCUT2D eigenvalue weighted by Gasteiger charge is 2.34. The van der Waals surface area contributed by atoms with E-state index in [-0.39, 0.29) is 11.9 Å². The molecule has 26 heavy (non-hydrogen) atoms. The molecule has 1 saturated heterocycles. The molecular formula is C19H25N5O2. The maximum absolute atomic E-state index is 12.8. The van der Waals surface area contributed by atoms with Gasteiger partial charge in [0.25, 0.3) is 0 Å². The average molecular weight is 355 g/mol. The van der Waals surface area contributed by atoms with E-state index < -0.39 is 0 Å². The molecule has 0 N–H and O–H groups in total. The molecule has 7 heteroatoms. The van der Waals surface area contributed by atoms with Gasteiger partial charge in [0.1, 0.15) is 0 Å². The number of ether oxygens (including phenoxy) is 1. The number of carbonyl (C=O) groups excluding carboxylic acids is 1. The summed E-state index contributed by atoms with van der Waals surface area (Å²) < 4.78 is 8.02. The van der Waals surface area contributed by atoms with E-state index in [2.05, 4.69) is 14.5 Å². The SMILES string of the molecule is Cn1cnc2c1C(COCc1cccnc1)CN(C(=O)N1CCCC1)C2. The predicted molar refractivity (Wildman–Crippen MR) is 96.5 cm³/mol. The molecule has 138 valence electrons. The average Bonchev–Trinajstić information content (AvgIpc) is 3.32. The van der Waals surface area contributed by atoms with Gasteiger partial charge in [-0.1, -0.05) is 6.07 Å². The summed E-state index contributed by atoms with van der Waals surface area (Å²) in [5, 5.41) is 0. The van der Waals surface area contributed by atoms with Crippen LogP contribution in [-0.4, -0.2) is 56.6 Å². The maximum atomic E-state index is 12.8. The highest BCUT2D eigenvalue weighted by molar-refractivity contribution is 5.75. The van der Waals surface area contributed by atoms with E-state index >= 15 is 0 Å². The summed E-state index contributed by atoms with van der Waals surface area (Å²) in [6.07, 6.45) is 7.62. The van der Waals surface area contributed by atoms with E-state index in [1.54, 1.807) is 6.20 Å². The molecule has 1 atom stereocenters. The van der Waals surface area contributed by atoms with Crippen molar-refractivity contribution in [3.63, 3.8) is 0 Å². The van der Waals surface area contributed by atoms with Gasteiger partial charge in [0.15, 0.2) is 0 Å². The van der Waals surface area contributed by atoms with Crippen molar-refractivity contribution in [2.24, 2.45) is 7.05 Å². The van der Waals surface area contributed by atoms with Crippen molar-refractivity contribution >= 4 is 6.03 Å². The van der Waals surface area contributed by atoms with Crippen molar-refractivity contribution in [2.45, 2.75) is 31.9 Å². The lowest BCUT2D eigenvalue weighted by atomic mass is 9.99. The maximum Gasteiger partial charge on any atom is 0.320 e. The molecule has 0 bridgehead atoms. The second kappa shape index (κ2) is 7.45. The van der Waals surface area contributed by atoms with E-state index in [0.717, 1.165) is 37.2 Å². The van der Waals surface area contributed by atoms with Crippen molar-refractivity contribution in [3.05, 3.63) is 47.8 Å². The lowest BCUT2D eigenvalue weighted by Crippen LogP contribution is -2.46. The Morgan fingerprint density at radius 3 is 2.92 bits per heavy atom. The molecule has 0 aromatic carbocycles. The molecule has 0 spiro atoms. The second-order valence-electron chi connectivity index (χ2n) is 7.12. The van der Waals surface area contributed by atoms with Crippen LogP contribution >= 0.6 is 0 Å². The highest BCUT2D eigenvalue weighted by Crippen LogP contribution is 2.29. The van der Waals surface area contributed by atoms with Crippen LogP contribution in [0.2, 0.25) is 0 Å². The number of imidazole rings is 1. The van der Waals surface area contributed by atoms with Gasteiger partial charge in [0, 0.05) is 50.7 Å². The van der Waals surface area contributed by atoms with Gasteiger partial charge in [-0.15, -0.1) is 0 Å². The number of pyridine rings is 1. The summed E-state index contributed by atoms with van der Waals surface area (Å²) in [7, 11) is 2.01. The Balaban J connectivity index is 1.45. The van der Waals surface area contributed by atoms with Gasteiger partial charge < -0.3 is 19.1 Å². The third-order valence-corrected chi connectivity index (χ3v) is 5.19. The molecule has 0 aliphatic carbocycles. The fourth-order valence-electron chi connectivity index (χ4n) is 3.92. The molecule has 2 aliphatic rings. The summed E-state index contributed by atoms with van der Waals surface area (Å²) in [6.45, 7) is 4.08. The van der Waals surface area contributed by atoms with Gasteiger partial charge in [-0.3, -0.25) is 4.98 Å². The molecule has 0 radical (unpaired) electrons. The number of likely N-dealkylation sites (tertiary alicyclic amines) is 1. The van der Waals surface area contributed by atoms with Crippen LogP contribution in [0.3, 0.4) is 0 Å². The van der Waals surface area contributed by atoms with Crippen molar-refractivity contribution in [1.29, 1.82) is 0 Å². The van der Waals surface area contributed by atoms with Crippen LogP contribution in [0.15, 0.2) is 30.9 Å². The second-order valence-corrected chi connectivity index (χ2v) is 7.12. The normalized spacial score (nSPS) is 19.7. The van der Waals surface area contributed by atoms with Crippen molar-refractivity contribution in [3.8, 4) is 0 Å². The van der Waals surface area contributed by atoms with Crippen LogP contribution in [0, 0.1) is 0 Å². The summed E-state index contributed by atoms with van der Waals surface area (Å²) in [5.41, 5.74) is 3.22. The first-order valence-corrected chi connectivity index (χ1v) is 9.23. The first-order chi connectivity index (χ1) is 12.7. The zero-order valence-electron chi connectivity index (χ0n) is 15.2. The minimum absolute atomic E-state index is 0.134. The number of urea groups is 1. The number of rotatable bonds is 4. The largest absolute Gasteiger partial charge is 0.376 e. The first-order valence-electron chi connectivity index (χ1n) is 9.23. The van der Waals surface area contributed by atoms with Crippen molar-refractivity contribution < 1.29 is 9.53 Å². The summed E-state index contributed by atoms with van der Waals surface area (Å²) >= 11 is 0. The molecule has 2 amide bonds. The van der Waals surface area contributed by atoms with Crippen LogP contribution in [-0.2, 0) is 24.9 Å². The quantitative estimate of drug-likeness (QED) is 0.843. The zero-order valence-corrected chi connectivity index (χ0v) is 15.2. The van der Waals surface area contributed by atoms with E-state index in [1.165, 1.54) is 5.69 Å². The first kappa shape index (κ1) is 17.0. The van der Waals surface area contributed by atoms with Crippen LogP contribution in [0.4, 0.5) is 4.79 Å². The minimum atomic E-state index is 0.134. The molecule has 4 rings (SSSR count).